The number of nitrogens with zero attached hydrogens (tertiary/aromatic N) is 2. The number of benzene rings is 3. The summed E-state index contributed by atoms with van der Waals surface area (Å²) in [6.45, 7) is 0.301. The number of hydrogen-bond donors (Lipinski definition) is 1. The zero-order valence-electron chi connectivity index (χ0n) is 19.4. The third kappa shape index (κ3) is 5.37. The highest BCUT2D eigenvalue weighted by molar-refractivity contribution is 6.40. The van der Waals surface area contributed by atoms with Gasteiger partial charge in [-0.3, -0.25) is 14.4 Å². The van der Waals surface area contributed by atoms with Crippen LogP contribution in [0.3, 0.4) is 0 Å². The molecule has 0 radical (unpaired) electrons. The summed E-state index contributed by atoms with van der Waals surface area (Å²) in [5.74, 6) is -2.66. The lowest BCUT2D eigenvalue weighted by Gasteiger charge is -2.22. The number of carbonyl (C=O) groups is 3. The van der Waals surface area contributed by atoms with E-state index in [9.17, 15) is 23.2 Å². The Morgan fingerprint density at radius 1 is 0.971 bits per heavy atom. The summed E-state index contributed by atoms with van der Waals surface area (Å²) in [6.07, 6.45) is 0.687. The van der Waals surface area contributed by atoms with Crippen LogP contribution >= 0.6 is 0 Å². The van der Waals surface area contributed by atoms with E-state index >= 15 is 0 Å². The first-order valence-electron chi connectivity index (χ1n) is 11.2. The van der Waals surface area contributed by atoms with Crippen molar-refractivity contribution in [2.45, 2.75) is 18.9 Å². The smallest absolute Gasteiger partial charge is 0.316 e. The molecule has 0 aliphatic carbocycles. The highest BCUT2D eigenvalue weighted by Crippen LogP contribution is 2.29. The third-order valence-corrected chi connectivity index (χ3v) is 5.95. The summed E-state index contributed by atoms with van der Waals surface area (Å²) in [7, 11) is 3.32. The molecule has 8 heteroatoms. The van der Waals surface area contributed by atoms with E-state index in [1.807, 2.05) is 0 Å². The Kier molecular flexibility index (Phi) is 6.91. The molecule has 3 aromatic carbocycles. The molecule has 180 valence electrons. The molecule has 0 spiro atoms. The Hall–Kier alpha value is -4.07. The van der Waals surface area contributed by atoms with Crippen LogP contribution in [-0.2, 0) is 22.4 Å². The van der Waals surface area contributed by atoms with Crippen LogP contribution < -0.4 is 10.2 Å². The molecule has 35 heavy (non-hydrogen) atoms. The standard InChI is InChI=1S/C27H25F2N3O3/c1-31(2)26(34)20-9-10-24-19(15-20)11-12-32(24)27(35)25(33)30-23(18-6-4-8-22(29)16-18)14-17-5-3-7-21(28)13-17/h3-10,13,15-16,23H,11-12,14H2,1-2H3,(H,30,33)/t23-/m1/s1. The summed E-state index contributed by atoms with van der Waals surface area (Å²) >= 11 is 0. The van der Waals surface area contributed by atoms with Gasteiger partial charge in [-0.15, -0.1) is 0 Å². The predicted molar refractivity (Wildman–Crippen MR) is 128 cm³/mol. The van der Waals surface area contributed by atoms with Crippen LogP contribution in [0.1, 0.15) is 33.1 Å². The molecular weight excluding hydrogens is 452 g/mol. The maximum absolute atomic E-state index is 13.9. The van der Waals surface area contributed by atoms with Crippen LogP contribution in [0.2, 0.25) is 0 Å². The van der Waals surface area contributed by atoms with Crippen molar-refractivity contribution in [3.8, 4) is 0 Å². The van der Waals surface area contributed by atoms with Gasteiger partial charge < -0.3 is 15.1 Å². The van der Waals surface area contributed by atoms with E-state index in [4.69, 9.17) is 0 Å². The zero-order chi connectivity index (χ0) is 25.1. The molecular formula is C27H25F2N3O3. The molecule has 3 amide bonds. The van der Waals surface area contributed by atoms with Crippen molar-refractivity contribution >= 4 is 23.4 Å². The summed E-state index contributed by atoms with van der Waals surface area (Å²) in [4.78, 5) is 41.2. The van der Waals surface area contributed by atoms with Crippen LogP contribution in [0.4, 0.5) is 14.5 Å². The zero-order valence-corrected chi connectivity index (χ0v) is 19.4. The van der Waals surface area contributed by atoms with Gasteiger partial charge in [0.25, 0.3) is 5.91 Å². The van der Waals surface area contributed by atoms with Gasteiger partial charge in [-0.05, 0) is 72.0 Å². The molecule has 1 atom stereocenters. The first-order chi connectivity index (χ1) is 16.7. The molecule has 0 aromatic heterocycles. The number of nitrogens with one attached hydrogen (secondary N) is 1. The van der Waals surface area contributed by atoms with E-state index in [1.165, 1.54) is 40.1 Å². The SMILES string of the molecule is CN(C)C(=O)c1ccc2c(c1)CCN2C(=O)C(=O)N[C@H](Cc1cccc(F)c1)c1cccc(F)c1. The monoisotopic (exact) mass is 477 g/mol. The molecule has 4 rings (SSSR count). The topological polar surface area (TPSA) is 69.7 Å². The number of halogens is 2. The van der Waals surface area contributed by atoms with Crippen molar-refractivity contribution in [1.29, 1.82) is 0 Å². The number of anilines is 1. The van der Waals surface area contributed by atoms with Gasteiger partial charge in [0.05, 0.1) is 6.04 Å². The average Bonchev–Trinajstić information content (AvgIpc) is 3.25. The first kappa shape index (κ1) is 24.1. The van der Waals surface area contributed by atoms with Gasteiger partial charge in [-0.1, -0.05) is 24.3 Å². The highest BCUT2D eigenvalue weighted by Gasteiger charge is 2.31. The molecule has 0 unspecified atom stereocenters. The van der Waals surface area contributed by atoms with Crippen molar-refractivity contribution in [3.05, 3.63) is 101 Å². The van der Waals surface area contributed by atoms with E-state index in [-0.39, 0.29) is 12.3 Å². The van der Waals surface area contributed by atoms with Crippen molar-refractivity contribution in [2.75, 3.05) is 25.5 Å². The molecule has 6 nitrogen and oxygen atoms in total. The number of amides is 3. The Balaban J connectivity index is 1.54. The van der Waals surface area contributed by atoms with Gasteiger partial charge in [-0.25, -0.2) is 8.78 Å². The van der Waals surface area contributed by atoms with Gasteiger partial charge in [0.15, 0.2) is 0 Å². The molecule has 0 saturated carbocycles. The summed E-state index contributed by atoms with van der Waals surface area (Å²) in [5.41, 5.74) is 2.95. The molecule has 1 aliphatic rings. The van der Waals surface area contributed by atoms with E-state index in [1.54, 1.807) is 50.5 Å². The summed E-state index contributed by atoms with van der Waals surface area (Å²) in [6, 6.07) is 15.9. The number of fused-ring (bicyclic) bond motifs is 1. The second-order valence-corrected chi connectivity index (χ2v) is 8.66. The molecule has 1 N–H and O–H groups in total. The fraction of sp³-hybridized carbons (Fsp3) is 0.222. The number of hydrogen-bond acceptors (Lipinski definition) is 3. The molecule has 0 fully saturated rings. The minimum atomic E-state index is -0.850. The van der Waals surface area contributed by atoms with Crippen LogP contribution in [0.25, 0.3) is 0 Å². The van der Waals surface area contributed by atoms with Crippen LogP contribution in [0, 0.1) is 11.6 Å². The predicted octanol–water partition coefficient (Wildman–Crippen LogP) is 3.66. The van der Waals surface area contributed by atoms with Gasteiger partial charge >= 0.3 is 11.8 Å². The summed E-state index contributed by atoms with van der Waals surface area (Å²) < 4.78 is 27.6. The fourth-order valence-electron chi connectivity index (χ4n) is 4.22. The van der Waals surface area contributed by atoms with Crippen molar-refractivity contribution in [1.82, 2.24) is 10.2 Å². The van der Waals surface area contributed by atoms with Gasteiger partial charge in [0.1, 0.15) is 11.6 Å². The van der Waals surface area contributed by atoms with Crippen LogP contribution in [0.5, 0.6) is 0 Å². The lowest BCUT2D eigenvalue weighted by Crippen LogP contribution is -2.44. The summed E-state index contributed by atoms with van der Waals surface area (Å²) in [5, 5.41) is 2.70. The quantitative estimate of drug-likeness (QED) is 0.571. The maximum atomic E-state index is 13.9. The molecule has 0 saturated heterocycles. The van der Waals surface area contributed by atoms with E-state index < -0.39 is 29.5 Å². The van der Waals surface area contributed by atoms with Crippen molar-refractivity contribution < 1.29 is 23.2 Å². The highest BCUT2D eigenvalue weighted by atomic mass is 19.1. The number of rotatable bonds is 5. The molecule has 1 aliphatic heterocycles. The second-order valence-electron chi connectivity index (χ2n) is 8.66. The van der Waals surface area contributed by atoms with Gasteiger partial charge in [-0.2, -0.15) is 0 Å². The Morgan fingerprint density at radius 2 is 1.69 bits per heavy atom. The van der Waals surface area contributed by atoms with Crippen LogP contribution in [0.15, 0.2) is 66.7 Å². The third-order valence-electron chi connectivity index (χ3n) is 5.95. The fourth-order valence-corrected chi connectivity index (χ4v) is 4.22. The van der Waals surface area contributed by atoms with Gasteiger partial charge in [0, 0.05) is 31.9 Å². The number of carbonyl (C=O) groups excluding carboxylic acids is 3. The van der Waals surface area contributed by atoms with Gasteiger partial charge in [0.2, 0.25) is 0 Å². The van der Waals surface area contributed by atoms with Crippen molar-refractivity contribution in [3.63, 3.8) is 0 Å². The lowest BCUT2D eigenvalue weighted by atomic mass is 9.98. The van der Waals surface area contributed by atoms with E-state index in [0.717, 1.165) is 5.56 Å². The Morgan fingerprint density at radius 3 is 2.37 bits per heavy atom. The van der Waals surface area contributed by atoms with E-state index in [0.29, 0.717) is 35.3 Å². The Labute approximate surface area is 202 Å². The molecule has 3 aromatic rings. The second kappa shape index (κ2) is 10.0. The normalized spacial score (nSPS) is 13.2. The largest absolute Gasteiger partial charge is 0.345 e. The first-order valence-corrected chi connectivity index (χ1v) is 11.2. The van der Waals surface area contributed by atoms with Crippen molar-refractivity contribution in [2.24, 2.45) is 0 Å². The molecule has 0 bridgehead atoms. The lowest BCUT2D eigenvalue weighted by molar-refractivity contribution is -0.138. The minimum absolute atomic E-state index is 0.148. The Bertz CT molecular complexity index is 1290. The van der Waals surface area contributed by atoms with E-state index in [2.05, 4.69) is 5.32 Å². The maximum Gasteiger partial charge on any atom is 0.316 e. The minimum Gasteiger partial charge on any atom is -0.345 e. The molecule has 1 heterocycles. The average molecular weight is 478 g/mol. The van der Waals surface area contributed by atoms with Crippen LogP contribution in [-0.4, -0.2) is 43.3 Å².